The van der Waals surface area contributed by atoms with Gasteiger partial charge in [-0.05, 0) is 73.2 Å². The molecule has 2 fully saturated rings. The van der Waals surface area contributed by atoms with E-state index >= 15 is 0 Å². The van der Waals surface area contributed by atoms with Gasteiger partial charge in [0.05, 0.1) is 18.7 Å². The maximum Gasteiger partial charge on any atom is 0.321 e. The van der Waals surface area contributed by atoms with Crippen molar-refractivity contribution >= 4 is 6.03 Å². The Morgan fingerprint density at radius 3 is 2.00 bits per heavy atom. The highest BCUT2D eigenvalue weighted by atomic mass is 16.5. The van der Waals surface area contributed by atoms with Crippen molar-refractivity contribution < 1.29 is 19.4 Å². The zero-order chi connectivity index (χ0) is 36.6. The molecule has 4 aromatic carbocycles. The predicted molar refractivity (Wildman–Crippen MR) is 204 cm³/mol. The number of carbonyl (C=O) groups is 1. The highest BCUT2D eigenvalue weighted by Crippen LogP contribution is 2.35. The lowest BCUT2D eigenvalue weighted by atomic mass is 9.89. The topological polar surface area (TPSA) is 100 Å². The van der Waals surface area contributed by atoms with Crippen LogP contribution in [0.2, 0.25) is 0 Å². The van der Waals surface area contributed by atoms with Crippen molar-refractivity contribution in [1.29, 1.82) is 0 Å². The maximum atomic E-state index is 14.0. The van der Waals surface area contributed by atoms with Crippen LogP contribution in [0.3, 0.4) is 0 Å². The van der Waals surface area contributed by atoms with Crippen molar-refractivity contribution in [3.05, 3.63) is 155 Å². The van der Waals surface area contributed by atoms with E-state index in [1.807, 2.05) is 109 Å². The Balaban J connectivity index is 1.04. The molecule has 53 heavy (non-hydrogen) atoms. The molecule has 1 atom stereocenters. The molecule has 0 spiro atoms. The maximum absolute atomic E-state index is 14.0. The molecule has 2 N–H and O–H groups in total. The Morgan fingerprint density at radius 2 is 1.40 bits per heavy atom. The lowest BCUT2D eigenvalue weighted by Gasteiger charge is -2.32. The molecule has 2 amide bonds. The van der Waals surface area contributed by atoms with Gasteiger partial charge in [0.15, 0.2) is 0 Å². The van der Waals surface area contributed by atoms with Gasteiger partial charge in [0.2, 0.25) is 5.75 Å². The number of aromatic nitrogens is 2. The monoisotopic (exact) mass is 707 g/mol. The van der Waals surface area contributed by atoms with Crippen molar-refractivity contribution in [3.63, 3.8) is 0 Å². The third-order valence-corrected chi connectivity index (χ3v) is 9.72. The first-order valence-corrected chi connectivity index (χ1v) is 18.3. The normalized spacial score (nSPS) is 18.0. The number of benzene rings is 4. The predicted octanol–water partition coefficient (Wildman–Crippen LogP) is 7.03. The van der Waals surface area contributed by atoms with Gasteiger partial charge in [-0.1, -0.05) is 96.8 Å². The number of ether oxygens (including phenoxy) is 2. The largest absolute Gasteiger partial charge is 0.482 e. The molecule has 1 saturated carbocycles. The summed E-state index contributed by atoms with van der Waals surface area (Å²) in [4.78, 5) is 26.8. The lowest BCUT2D eigenvalue weighted by Crippen LogP contribution is -2.43. The highest BCUT2D eigenvalue weighted by molar-refractivity contribution is 5.78. The molecule has 5 aromatic rings. The number of nitrogens with zero attached hydrogens (tertiary/aromatic N) is 4. The summed E-state index contributed by atoms with van der Waals surface area (Å²) in [7, 11) is 0. The van der Waals surface area contributed by atoms with Gasteiger partial charge >= 0.3 is 6.03 Å². The number of aliphatic hydroxyl groups is 1. The number of rotatable bonds is 13. The zero-order valence-electron chi connectivity index (χ0n) is 30.2. The fourth-order valence-corrected chi connectivity index (χ4v) is 6.69. The average molecular weight is 708 g/mol. The van der Waals surface area contributed by atoms with Crippen LogP contribution < -0.4 is 14.8 Å². The second-order valence-electron chi connectivity index (χ2n) is 14.0. The molecule has 2 heterocycles. The van der Waals surface area contributed by atoms with Crippen LogP contribution >= 0.6 is 0 Å². The quantitative estimate of drug-likeness (QED) is 0.127. The van der Waals surface area contributed by atoms with Gasteiger partial charge in [-0.2, -0.15) is 4.98 Å². The van der Waals surface area contributed by atoms with E-state index in [9.17, 15) is 9.90 Å². The number of hydrogen-bond donors (Lipinski definition) is 2. The molecular formula is C44H45N5O4. The van der Waals surface area contributed by atoms with Gasteiger partial charge in [0.25, 0.3) is 5.88 Å². The second-order valence-corrected chi connectivity index (χ2v) is 14.0. The van der Waals surface area contributed by atoms with Crippen LogP contribution in [0, 0.1) is 11.8 Å². The fraction of sp³-hybridized carbons (Fsp3) is 0.295. The number of aliphatic hydroxyl groups excluding tert-OH is 1. The van der Waals surface area contributed by atoms with Crippen LogP contribution in [0.4, 0.5) is 4.79 Å². The van der Waals surface area contributed by atoms with E-state index < -0.39 is 0 Å². The molecule has 0 radical (unpaired) electrons. The van der Waals surface area contributed by atoms with Crippen LogP contribution in [0.1, 0.15) is 71.8 Å². The first-order valence-electron chi connectivity index (χ1n) is 18.3. The molecule has 7 rings (SSSR count). The van der Waals surface area contributed by atoms with E-state index in [4.69, 9.17) is 9.47 Å². The number of carbonyl (C=O) groups excluding carboxylic acids is 1. The standard InChI is InChI=1S/C44H45N5O4/c1-31(2)49-41(37-21-19-33(20-22-37)14-13-32-15-17-34(18-16-32)25-45-38-23-39(50)24-38)27-48(44(49)51)26-40-42(52-28-35-9-5-3-6-10-35)43(47-30-46-40)53-29-36-11-7-4-8-12-36/h3-12,15-22,30-31,38-39,41,45,50H,23-29H2,1-2H3. The first-order chi connectivity index (χ1) is 25.9. The first kappa shape index (κ1) is 35.7. The molecule has 1 unspecified atom stereocenters. The Morgan fingerprint density at radius 1 is 0.792 bits per heavy atom. The summed E-state index contributed by atoms with van der Waals surface area (Å²) in [6.45, 7) is 6.24. The number of urea groups is 1. The Bertz CT molecular complexity index is 2020. The van der Waals surface area contributed by atoms with Gasteiger partial charge in [0.1, 0.15) is 25.2 Å². The summed E-state index contributed by atoms with van der Waals surface area (Å²) >= 11 is 0. The van der Waals surface area contributed by atoms with Crippen molar-refractivity contribution in [2.24, 2.45) is 0 Å². The molecule has 270 valence electrons. The SMILES string of the molecule is CC(C)N1C(=O)N(Cc2ncnc(OCc3ccccc3)c2OCc2ccccc2)CC1c1ccc(C#Cc2ccc(CNC3CC(O)C3)cc2)cc1. The minimum Gasteiger partial charge on any atom is -0.482 e. The summed E-state index contributed by atoms with van der Waals surface area (Å²) in [5, 5.41) is 13.0. The molecule has 9 heteroatoms. The van der Waals surface area contributed by atoms with Gasteiger partial charge in [0, 0.05) is 36.3 Å². The summed E-state index contributed by atoms with van der Waals surface area (Å²) < 4.78 is 12.5. The minimum atomic E-state index is -0.154. The van der Waals surface area contributed by atoms with E-state index in [0.717, 1.165) is 47.2 Å². The highest BCUT2D eigenvalue weighted by Gasteiger charge is 2.40. The summed E-state index contributed by atoms with van der Waals surface area (Å²) in [5.74, 6) is 7.34. The van der Waals surface area contributed by atoms with Crippen molar-refractivity contribution in [3.8, 4) is 23.5 Å². The Labute approximate surface area is 311 Å². The van der Waals surface area contributed by atoms with Crippen LogP contribution in [0.15, 0.2) is 116 Å². The fourth-order valence-electron chi connectivity index (χ4n) is 6.69. The van der Waals surface area contributed by atoms with Crippen LogP contribution in [-0.2, 0) is 26.3 Å². The Kier molecular flexibility index (Phi) is 11.3. The van der Waals surface area contributed by atoms with E-state index in [2.05, 4.69) is 51.4 Å². The number of hydrogen-bond acceptors (Lipinski definition) is 7. The third kappa shape index (κ3) is 9.04. The molecule has 1 aliphatic carbocycles. The zero-order valence-corrected chi connectivity index (χ0v) is 30.2. The molecule has 1 aliphatic heterocycles. The van der Waals surface area contributed by atoms with E-state index in [-0.39, 0.29) is 30.8 Å². The van der Waals surface area contributed by atoms with Crippen LogP contribution in [-0.4, -0.2) is 55.6 Å². The number of amides is 2. The smallest absolute Gasteiger partial charge is 0.321 e. The third-order valence-electron chi connectivity index (χ3n) is 9.72. The van der Waals surface area contributed by atoms with Gasteiger partial charge in [-0.15, -0.1) is 0 Å². The van der Waals surface area contributed by atoms with Crippen LogP contribution in [0.25, 0.3) is 0 Å². The molecule has 1 saturated heterocycles. The molecular weight excluding hydrogens is 663 g/mol. The van der Waals surface area contributed by atoms with Crippen molar-refractivity contribution in [1.82, 2.24) is 25.1 Å². The van der Waals surface area contributed by atoms with Gasteiger partial charge in [-0.25, -0.2) is 9.78 Å². The number of nitrogens with one attached hydrogen (secondary N) is 1. The molecule has 1 aromatic heterocycles. The van der Waals surface area contributed by atoms with Gasteiger partial charge < -0.3 is 29.7 Å². The van der Waals surface area contributed by atoms with Crippen molar-refractivity contribution in [2.75, 3.05) is 6.54 Å². The molecule has 9 nitrogen and oxygen atoms in total. The van der Waals surface area contributed by atoms with Crippen LogP contribution in [0.5, 0.6) is 11.6 Å². The lowest BCUT2D eigenvalue weighted by molar-refractivity contribution is 0.0619. The average Bonchev–Trinajstić information content (AvgIpc) is 3.50. The summed E-state index contributed by atoms with van der Waals surface area (Å²) in [6, 6.07) is 36.5. The van der Waals surface area contributed by atoms with E-state index in [1.54, 1.807) is 0 Å². The molecule has 2 aliphatic rings. The minimum absolute atomic E-state index is 0.0144. The summed E-state index contributed by atoms with van der Waals surface area (Å²) in [5.41, 5.74) is 6.70. The molecule has 0 bridgehead atoms. The summed E-state index contributed by atoms with van der Waals surface area (Å²) in [6.07, 6.45) is 2.97. The Hall–Kier alpha value is -5.69. The van der Waals surface area contributed by atoms with E-state index in [0.29, 0.717) is 43.1 Å². The van der Waals surface area contributed by atoms with E-state index in [1.165, 1.54) is 11.9 Å². The van der Waals surface area contributed by atoms with Crippen molar-refractivity contribution in [2.45, 2.75) is 77.2 Å². The second kappa shape index (κ2) is 16.8. The van der Waals surface area contributed by atoms with Gasteiger partial charge in [-0.3, -0.25) is 0 Å².